The smallest absolute Gasteiger partial charge is 0.282 e. The van der Waals surface area contributed by atoms with Crippen LogP contribution in [0.4, 0.5) is 11.6 Å². The minimum absolute atomic E-state index is 0.267. The molecule has 0 radical (unpaired) electrons. The van der Waals surface area contributed by atoms with Crippen LogP contribution in [0.1, 0.15) is 30.4 Å². The van der Waals surface area contributed by atoms with Gasteiger partial charge in [0.05, 0.1) is 30.8 Å². The molecule has 1 N–H and O–H groups in total. The van der Waals surface area contributed by atoms with Gasteiger partial charge in [-0.2, -0.15) is 4.98 Å². The number of aromatic nitrogens is 2. The molecule has 0 saturated carbocycles. The van der Waals surface area contributed by atoms with E-state index in [0.29, 0.717) is 34.3 Å². The Labute approximate surface area is 193 Å². The molecule has 1 fully saturated rings. The molecule has 174 valence electrons. The Balaban J connectivity index is 1.63. The average molecular weight is 450 g/mol. The van der Waals surface area contributed by atoms with Gasteiger partial charge in [-0.1, -0.05) is 12.1 Å². The summed E-state index contributed by atoms with van der Waals surface area (Å²) >= 11 is 0. The van der Waals surface area contributed by atoms with Crippen LogP contribution < -0.4 is 19.9 Å². The highest BCUT2D eigenvalue weighted by molar-refractivity contribution is 5.87. The minimum Gasteiger partial charge on any atom is -0.493 e. The van der Waals surface area contributed by atoms with Crippen LogP contribution in [0.5, 0.6) is 11.5 Å². The molecule has 0 bridgehead atoms. The second-order valence-electron chi connectivity index (χ2n) is 8.61. The predicted molar refractivity (Wildman–Crippen MR) is 133 cm³/mol. The summed E-state index contributed by atoms with van der Waals surface area (Å²) in [6.07, 6.45) is 0.979. The number of anilines is 1. The zero-order chi connectivity index (χ0) is 23.7. The standard InChI is InChI=1S/C25H31N5O3/c1-15-22-20(13-21(32-5)23(15)33-6)27-25(28-24(22)31)30-11-10-18(14-30)17-8-7-9-19(12-17)26-16(2)29(3)4/h7-9,12-13,18H,10-11,14H2,1-6H3,(H,27,28,31)/b26-16+. The third-order valence-corrected chi connectivity index (χ3v) is 6.34. The normalized spacial score (nSPS) is 16.4. The number of benzene rings is 2. The van der Waals surface area contributed by atoms with E-state index in [2.05, 4.69) is 33.1 Å². The zero-order valence-electron chi connectivity index (χ0n) is 20.1. The van der Waals surface area contributed by atoms with Crippen molar-refractivity contribution in [1.29, 1.82) is 0 Å². The van der Waals surface area contributed by atoms with Crippen molar-refractivity contribution in [1.82, 2.24) is 14.9 Å². The molecule has 2 heterocycles. The van der Waals surface area contributed by atoms with E-state index in [1.807, 2.05) is 38.9 Å². The largest absolute Gasteiger partial charge is 0.493 e. The number of aliphatic imine (C=N–C) groups is 1. The van der Waals surface area contributed by atoms with Crippen LogP contribution >= 0.6 is 0 Å². The van der Waals surface area contributed by atoms with Crippen LogP contribution in [0.15, 0.2) is 40.1 Å². The van der Waals surface area contributed by atoms with Crippen molar-refractivity contribution in [2.24, 2.45) is 4.99 Å². The number of nitrogens with zero attached hydrogens (tertiary/aromatic N) is 4. The van der Waals surface area contributed by atoms with Gasteiger partial charge in [0.25, 0.3) is 5.56 Å². The number of hydrogen-bond acceptors (Lipinski definition) is 6. The minimum atomic E-state index is -0.267. The maximum atomic E-state index is 12.9. The van der Waals surface area contributed by atoms with Gasteiger partial charge in [-0.3, -0.25) is 4.79 Å². The molecule has 1 atom stereocenters. The molecule has 1 aromatic heterocycles. The van der Waals surface area contributed by atoms with Crippen LogP contribution in [0.3, 0.4) is 0 Å². The van der Waals surface area contributed by atoms with Gasteiger partial charge in [0.15, 0.2) is 11.5 Å². The van der Waals surface area contributed by atoms with Gasteiger partial charge in [-0.05, 0) is 38.0 Å². The molecule has 4 rings (SSSR count). The number of rotatable bonds is 5. The molecule has 8 heteroatoms. The summed E-state index contributed by atoms with van der Waals surface area (Å²) in [4.78, 5) is 29.5. The molecular weight excluding hydrogens is 418 g/mol. The molecule has 0 amide bonds. The monoisotopic (exact) mass is 449 g/mol. The highest BCUT2D eigenvalue weighted by atomic mass is 16.5. The highest BCUT2D eigenvalue weighted by Gasteiger charge is 2.26. The molecule has 1 unspecified atom stereocenters. The van der Waals surface area contributed by atoms with Gasteiger partial charge in [-0.15, -0.1) is 0 Å². The van der Waals surface area contributed by atoms with E-state index < -0.39 is 0 Å². The number of hydrogen-bond donors (Lipinski definition) is 1. The molecule has 8 nitrogen and oxygen atoms in total. The lowest BCUT2D eigenvalue weighted by atomic mass is 9.98. The summed E-state index contributed by atoms with van der Waals surface area (Å²) in [7, 11) is 7.13. The van der Waals surface area contributed by atoms with E-state index in [4.69, 9.17) is 14.5 Å². The summed E-state index contributed by atoms with van der Waals surface area (Å²) in [6.45, 7) is 5.44. The Kier molecular flexibility index (Phi) is 6.26. The Morgan fingerprint density at radius 2 is 2.03 bits per heavy atom. The number of methoxy groups -OCH3 is 2. The lowest BCUT2D eigenvalue weighted by Crippen LogP contribution is -2.25. The molecule has 0 aliphatic carbocycles. The van der Waals surface area contributed by atoms with Crippen LogP contribution in [-0.2, 0) is 0 Å². The lowest BCUT2D eigenvalue weighted by Gasteiger charge is -2.19. The molecule has 1 aliphatic rings. The van der Waals surface area contributed by atoms with Gasteiger partial charge >= 0.3 is 0 Å². The third-order valence-electron chi connectivity index (χ3n) is 6.34. The second-order valence-corrected chi connectivity index (χ2v) is 8.61. The van der Waals surface area contributed by atoms with Gasteiger partial charge < -0.3 is 24.3 Å². The summed E-state index contributed by atoms with van der Waals surface area (Å²) < 4.78 is 10.9. The Hall–Kier alpha value is -3.55. The van der Waals surface area contributed by atoms with Crippen LogP contribution in [0, 0.1) is 6.92 Å². The number of ether oxygens (including phenoxy) is 2. The maximum Gasteiger partial charge on any atom is 0.282 e. The van der Waals surface area contributed by atoms with Crippen molar-refractivity contribution in [2.75, 3.05) is 46.3 Å². The quantitative estimate of drug-likeness (QED) is 0.471. The fraction of sp³-hybridized carbons (Fsp3) is 0.400. The van der Waals surface area contributed by atoms with Gasteiger partial charge in [-0.25, -0.2) is 4.99 Å². The van der Waals surface area contributed by atoms with E-state index in [1.54, 1.807) is 20.3 Å². The summed E-state index contributed by atoms with van der Waals surface area (Å²) in [5.74, 6) is 3.02. The maximum absolute atomic E-state index is 12.9. The van der Waals surface area contributed by atoms with Crippen molar-refractivity contribution in [2.45, 2.75) is 26.2 Å². The van der Waals surface area contributed by atoms with Crippen LogP contribution in [-0.4, -0.2) is 62.1 Å². The van der Waals surface area contributed by atoms with E-state index in [1.165, 1.54) is 5.56 Å². The SMILES string of the molecule is COc1cc2[nH]c(N3CCC(c4cccc(/N=C(\C)N(C)C)c4)C3)nc(=O)c2c(C)c1OC. The predicted octanol–water partition coefficient (Wildman–Crippen LogP) is 3.85. The molecule has 1 saturated heterocycles. The van der Waals surface area contributed by atoms with Crippen molar-refractivity contribution < 1.29 is 9.47 Å². The Morgan fingerprint density at radius 1 is 1.24 bits per heavy atom. The topological polar surface area (TPSA) is 83.0 Å². The molecule has 33 heavy (non-hydrogen) atoms. The molecular formula is C25H31N5O3. The Bertz CT molecular complexity index is 1260. The first-order valence-electron chi connectivity index (χ1n) is 11.1. The zero-order valence-corrected chi connectivity index (χ0v) is 20.1. The van der Waals surface area contributed by atoms with Gasteiger partial charge in [0.1, 0.15) is 5.84 Å². The highest BCUT2D eigenvalue weighted by Crippen LogP contribution is 2.36. The van der Waals surface area contributed by atoms with E-state index in [0.717, 1.165) is 36.6 Å². The van der Waals surface area contributed by atoms with E-state index in [9.17, 15) is 4.79 Å². The van der Waals surface area contributed by atoms with Crippen LogP contribution in [0.2, 0.25) is 0 Å². The van der Waals surface area contributed by atoms with Crippen molar-refractivity contribution in [3.05, 3.63) is 51.8 Å². The van der Waals surface area contributed by atoms with Crippen molar-refractivity contribution in [3.63, 3.8) is 0 Å². The molecule has 0 spiro atoms. The number of aryl methyl sites for hydroxylation is 1. The number of fused-ring (bicyclic) bond motifs is 1. The second kappa shape index (κ2) is 9.13. The first-order chi connectivity index (χ1) is 15.8. The number of nitrogens with one attached hydrogen (secondary N) is 1. The van der Waals surface area contributed by atoms with E-state index >= 15 is 0 Å². The van der Waals surface area contributed by atoms with Crippen LogP contribution in [0.25, 0.3) is 10.9 Å². The number of H-pyrrole nitrogens is 1. The molecule has 2 aromatic carbocycles. The molecule has 3 aromatic rings. The molecule has 1 aliphatic heterocycles. The van der Waals surface area contributed by atoms with Gasteiger partial charge in [0, 0.05) is 44.7 Å². The summed E-state index contributed by atoms with van der Waals surface area (Å²) in [5, 5.41) is 0.522. The van der Waals surface area contributed by atoms with Crippen molar-refractivity contribution >= 4 is 28.4 Å². The number of aromatic amines is 1. The number of amidine groups is 1. The average Bonchev–Trinajstić information content (AvgIpc) is 3.29. The van der Waals surface area contributed by atoms with Crippen molar-refractivity contribution in [3.8, 4) is 11.5 Å². The summed E-state index contributed by atoms with van der Waals surface area (Å²) in [6, 6.07) is 10.2. The van der Waals surface area contributed by atoms with Gasteiger partial charge in [0.2, 0.25) is 5.95 Å². The Morgan fingerprint density at radius 3 is 2.73 bits per heavy atom. The lowest BCUT2D eigenvalue weighted by molar-refractivity contribution is 0.354. The first kappa shape index (κ1) is 22.6. The third kappa shape index (κ3) is 4.37. The summed E-state index contributed by atoms with van der Waals surface area (Å²) in [5.41, 5.74) is 3.34. The fourth-order valence-electron chi connectivity index (χ4n) is 4.36. The van der Waals surface area contributed by atoms with E-state index in [-0.39, 0.29) is 5.56 Å². The fourth-order valence-corrected chi connectivity index (χ4v) is 4.36. The first-order valence-corrected chi connectivity index (χ1v) is 11.1.